The van der Waals surface area contributed by atoms with Gasteiger partial charge in [-0.25, -0.2) is 0 Å². The van der Waals surface area contributed by atoms with Crippen LogP contribution >= 0.6 is 0 Å². The van der Waals surface area contributed by atoms with Gasteiger partial charge in [-0.3, -0.25) is 0 Å². The maximum atomic E-state index is 6.02. The monoisotopic (exact) mass is 610 g/mol. The van der Waals surface area contributed by atoms with E-state index < -0.39 is 0 Å². The number of para-hydroxylation sites is 2. The predicted molar refractivity (Wildman–Crippen MR) is 194 cm³/mol. The van der Waals surface area contributed by atoms with E-state index in [2.05, 4.69) is 67.0 Å². The molecule has 2 fully saturated rings. The fourth-order valence-corrected chi connectivity index (χ4v) is 6.03. The van der Waals surface area contributed by atoms with Gasteiger partial charge >= 0.3 is 0 Å². The second kappa shape index (κ2) is 12.3. The van der Waals surface area contributed by atoms with Crippen LogP contribution in [0.3, 0.4) is 0 Å². The SMILES string of the molecule is C=C1C2=C/C=C3\C/C(=C\C=C/1C(=C)N(c1ccc(Oc4ccccc4)cc1)C2=C)C(=C)N(c1ccc(Oc2ccccc2)cc1)C3=C. The Morgan fingerprint density at radius 1 is 0.404 bits per heavy atom. The molecule has 3 aliphatic rings. The van der Waals surface area contributed by atoms with Crippen LogP contribution in [-0.4, -0.2) is 0 Å². The molecule has 0 saturated carbocycles. The minimum atomic E-state index is 0.703. The first kappa shape index (κ1) is 29.5. The minimum Gasteiger partial charge on any atom is -0.457 e. The van der Waals surface area contributed by atoms with Crippen LogP contribution in [0.4, 0.5) is 11.4 Å². The quantitative estimate of drug-likeness (QED) is 0.217. The lowest BCUT2D eigenvalue weighted by atomic mass is 9.85. The van der Waals surface area contributed by atoms with Gasteiger partial charge in [-0.05, 0) is 89.5 Å². The number of ether oxygens (including phenoxy) is 2. The summed E-state index contributed by atoms with van der Waals surface area (Å²) in [7, 11) is 0. The average Bonchev–Trinajstić information content (AvgIpc) is 3.08. The molecule has 47 heavy (non-hydrogen) atoms. The molecule has 2 heterocycles. The fraction of sp³-hybridized carbons (Fsp3) is 0.0233. The molecular weight excluding hydrogens is 576 g/mol. The van der Waals surface area contributed by atoms with Crippen molar-refractivity contribution in [2.24, 2.45) is 0 Å². The number of nitrogens with zero attached hydrogens (tertiary/aromatic N) is 2. The number of piperidine rings is 2. The molecule has 0 aromatic heterocycles. The molecule has 0 spiro atoms. The van der Waals surface area contributed by atoms with Crippen LogP contribution in [0, 0.1) is 0 Å². The lowest BCUT2D eigenvalue weighted by molar-refractivity contribution is 0.482. The summed E-state index contributed by atoms with van der Waals surface area (Å²) in [6.45, 7) is 22.5. The number of rotatable bonds is 6. The molecule has 1 aliphatic carbocycles. The summed E-state index contributed by atoms with van der Waals surface area (Å²) in [5, 5.41) is 0. The summed E-state index contributed by atoms with van der Waals surface area (Å²) >= 11 is 0. The number of fused-ring (bicyclic) bond motifs is 4. The Labute approximate surface area is 276 Å². The normalized spacial score (nSPS) is 19.5. The highest BCUT2D eigenvalue weighted by Gasteiger charge is 2.31. The van der Waals surface area contributed by atoms with Gasteiger partial charge in [-0.1, -0.05) is 93.6 Å². The summed E-state index contributed by atoms with van der Waals surface area (Å²) in [6.07, 6.45) is 9.14. The molecule has 0 amide bonds. The van der Waals surface area contributed by atoms with E-state index in [1.54, 1.807) is 0 Å². The number of hydrogen-bond acceptors (Lipinski definition) is 4. The molecule has 0 unspecified atom stereocenters. The van der Waals surface area contributed by atoms with Gasteiger partial charge in [0.25, 0.3) is 0 Å². The third kappa shape index (κ3) is 5.69. The first-order valence-electron chi connectivity index (χ1n) is 15.4. The standard InChI is InChI=1S/C43H34N2O2/c1-29-42-26-16-34-28-35(31(3)44(30(34)2)36-18-22-40(23-19-36)46-38-12-8-6-9-13-38)17-27-43(29)33(5)45(32(42)4)37-20-24-41(25-21-37)47-39-14-10-7-11-15-39/h6-27H,1-5,28H2/b34-16+,35-17+,42-26+,43-27?. The van der Waals surface area contributed by atoms with Crippen molar-refractivity contribution < 1.29 is 9.47 Å². The highest BCUT2D eigenvalue weighted by Crippen LogP contribution is 2.45. The average molecular weight is 611 g/mol. The molecule has 228 valence electrons. The molecule has 4 aromatic carbocycles. The molecule has 4 aromatic rings. The Hall–Kier alpha value is -6.26. The van der Waals surface area contributed by atoms with Crippen LogP contribution in [0.15, 0.2) is 217 Å². The fourth-order valence-electron chi connectivity index (χ4n) is 6.03. The van der Waals surface area contributed by atoms with Crippen LogP contribution in [0.2, 0.25) is 0 Å². The Bertz CT molecular complexity index is 2000. The van der Waals surface area contributed by atoms with E-state index in [1.807, 2.05) is 109 Å². The van der Waals surface area contributed by atoms with Gasteiger partial charge in [0.15, 0.2) is 0 Å². The summed E-state index contributed by atoms with van der Waals surface area (Å²) in [4.78, 5) is 4.17. The summed E-state index contributed by atoms with van der Waals surface area (Å²) < 4.78 is 12.0. The number of anilines is 2. The minimum absolute atomic E-state index is 0.703. The lowest BCUT2D eigenvalue weighted by Crippen LogP contribution is -2.30. The van der Waals surface area contributed by atoms with Gasteiger partial charge < -0.3 is 19.3 Å². The summed E-state index contributed by atoms with van der Waals surface area (Å²) in [5.74, 6) is 3.09. The first-order valence-corrected chi connectivity index (χ1v) is 15.4. The van der Waals surface area contributed by atoms with E-state index in [4.69, 9.17) is 9.47 Å². The predicted octanol–water partition coefficient (Wildman–Crippen LogP) is 11.3. The van der Waals surface area contributed by atoms with Crippen LogP contribution in [0.25, 0.3) is 0 Å². The maximum absolute atomic E-state index is 6.02. The van der Waals surface area contributed by atoms with Crippen LogP contribution < -0.4 is 19.3 Å². The summed E-state index contributed by atoms with van der Waals surface area (Å²) in [5.41, 5.74) is 10.1. The number of benzene rings is 4. The Morgan fingerprint density at radius 2 is 0.766 bits per heavy atom. The van der Waals surface area contributed by atoms with Crippen LogP contribution in [0.1, 0.15) is 6.42 Å². The van der Waals surface area contributed by atoms with E-state index in [0.29, 0.717) is 6.42 Å². The second-order valence-corrected chi connectivity index (χ2v) is 11.5. The molecule has 2 saturated heterocycles. The van der Waals surface area contributed by atoms with Crippen molar-refractivity contribution in [2.45, 2.75) is 6.42 Å². The van der Waals surface area contributed by atoms with Crippen LogP contribution in [0.5, 0.6) is 23.0 Å². The third-order valence-corrected chi connectivity index (χ3v) is 8.52. The number of allylic oxidation sites excluding steroid dienone is 8. The zero-order valence-corrected chi connectivity index (χ0v) is 26.2. The molecule has 0 radical (unpaired) electrons. The molecule has 0 atom stereocenters. The zero-order chi connectivity index (χ0) is 32.5. The van der Waals surface area contributed by atoms with Crippen molar-refractivity contribution in [1.29, 1.82) is 0 Å². The smallest absolute Gasteiger partial charge is 0.127 e. The largest absolute Gasteiger partial charge is 0.457 e. The van der Waals surface area contributed by atoms with Crippen molar-refractivity contribution in [3.05, 3.63) is 217 Å². The van der Waals surface area contributed by atoms with Gasteiger partial charge in [0.05, 0.1) is 0 Å². The highest BCUT2D eigenvalue weighted by molar-refractivity contribution is 5.79. The second-order valence-electron chi connectivity index (χ2n) is 11.5. The Kier molecular flexibility index (Phi) is 7.68. The molecular formula is C43H34N2O2. The number of hydrogen-bond donors (Lipinski definition) is 0. The molecule has 4 heteroatoms. The van der Waals surface area contributed by atoms with E-state index in [9.17, 15) is 0 Å². The van der Waals surface area contributed by atoms with Crippen LogP contribution in [-0.2, 0) is 0 Å². The van der Waals surface area contributed by atoms with Crippen molar-refractivity contribution in [3.63, 3.8) is 0 Å². The van der Waals surface area contributed by atoms with E-state index >= 15 is 0 Å². The topological polar surface area (TPSA) is 24.9 Å². The molecule has 4 nitrogen and oxygen atoms in total. The van der Waals surface area contributed by atoms with Gasteiger partial charge in [0, 0.05) is 51.7 Å². The van der Waals surface area contributed by atoms with Gasteiger partial charge in [0.2, 0.25) is 0 Å². The third-order valence-electron chi connectivity index (χ3n) is 8.52. The molecule has 2 aliphatic heterocycles. The first-order chi connectivity index (χ1) is 22.9. The zero-order valence-electron chi connectivity index (χ0n) is 26.2. The lowest BCUT2D eigenvalue weighted by Gasteiger charge is -2.39. The highest BCUT2D eigenvalue weighted by atomic mass is 16.5. The summed E-state index contributed by atoms with van der Waals surface area (Å²) in [6, 6.07) is 35.5. The van der Waals surface area contributed by atoms with Crippen molar-refractivity contribution in [3.8, 4) is 23.0 Å². The van der Waals surface area contributed by atoms with Gasteiger partial charge in [0.1, 0.15) is 23.0 Å². The van der Waals surface area contributed by atoms with Crippen molar-refractivity contribution in [1.82, 2.24) is 0 Å². The molecule has 7 rings (SSSR count). The molecule has 0 N–H and O–H groups in total. The maximum Gasteiger partial charge on any atom is 0.127 e. The Morgan fingerprint density at radius 3 is 1.17 bits per heavy atom. The van der Waals surface area contributed by atoms with E-state index in [-0.39, 0.29) is 0 Å². The van der Waals surface area contributed by atoms with E-state index in [0.717, 1.165) is 85.0 Å². The van der Waals surface area contributed by atoms with Crippen molar-refractivity contribution >= 4 is 11.4 Å². The van der Waals surface area contributed by atoms with Gasteiger partial charge in [-0.15, -0.1) is 0 Å². The van der Waals surface area contributed by atoms with E-state index in [1.165, 1.54) is 0 Å². The molecule has 4 bridgehead atoms. The van der Waals surface area contributed by atoms with Gasteiger partial charge in [-0.2, -0.15) is 0 Å². The van der Waals surface area contributed by atoms with Crippen molar-refractivity contribution in [2.75, 3.05) is 9.80 Å². The Balaban J connectivity index is 1.19.